The number of fused-ring (bicyclic) bond motifs is 1. The van der Waals surface area contributed by atoms with Gasteiger partial charge in [0.15, 0.2) is 0 Å². The summed E-state index contributed by atoms with van der Waals surface area (Å²) in [7, 11) is 1.37. The molecule has 0 spiro atoms. The molecule has 1 unspecified atom stereocenters. The van der Waals surface area contributed by atoms with Crippen LogP contribution in [0.4, 0.5) is 24.8 Å². The molecule has 1 N–H and O–H groups in total. The van der Waals surface area contributed by atoms with Gasteiger partial charge in [-0.2, -0.15) is 0 Å². The highest BCUT2D eigenvalue weighted by Gasteiger charge is 2.31. The van der Waals surface area contributed by atoms with Crippen molar-refractivity contribution in [2.75, 3.05) is 12.4 Å². The number of imidazole rings is 1. The predicted molar refractivity (Wildman–Crippen MR) is 132 cm³/mol. The van der Waals surface area contributed by atoms with Crippen molar-refractivity contribution in [1.82, 2.24) is 9.55 Å². The summed E-state index contributed by atoms with van der Waals surface area (Å²) >= 11 is 0. The van der Waals surface area contributed by atoms with E-state index in [1.807, 2.05) is 18.2 Å². The number of aryl methyl sites for hydroxylation is 1. The number of benzene rings is 2. The van der Waals surface area contributed by atoms with Crippen LogP contribution in [0.2, 0.25) is 0 Å². The number of anilines is 2. The molecule has 0 amide bonds. The Kier molecular flexibility index (Phi) is 7.47. The van der Waals surface area contributed by atoms with E-state index in [1.54, 1.807) is 0 Å². The first-order valence-corrected chi connectivity index (χ1v) is 12.2. The standard InChI is InChI=1S/C27H32F3N3O3/c1-26(2)14-4-5-19(16-26)17-33-23-12-6-18(7-13-24(34)35-3)15-22(23)32-25(33)31-20-8-10-21(11-9-20)36-27(28,29)30/h6,8-12,15,19H,4-5,7,13-14,16-17H2,1-3H3,(H,31,32). The van der Waals surface area contributed by atoms with Gasteiger partial charge in [0.05, 0.1) is 18.1 Å². The SMILES string of the molecule is COC(=O)CCc1ccc2c(c1)nc(Nc1ccc(OC(F)(F)F)cc1)n2CC1CCCC(C)(C)C1. The van der Waals surface area contributed by atoms with Crippen LogP contribution in [0.15, 0.2) is 42.5 Å². The molecule has 6 nitrogen and oxygen atoms in total. The molecule has 1 aromatic heterocycles. The monoisotopic (exact) mass is 503 g/mol. The van der Waals surface area contributed by atoms with E-state index in [0.717, 1.165) is 36.0 Å². The lowest BCUT2D eigenvalue weighted by Gasteiger charge is -2.35. The number of nitrogens with zero attached hydrogens (tertiary/aromatic N) is 2. The van der Waals surface area contributed by atoms with Gasteiger partial charge in [0.25, 0.3) is 0 Å². The largest absolute Gasteiger partial charge is 0.573 e. The van der Waals surface area contributed by atoms with E-state index in [9.17, 15) is 18.0 Å². The van der Waals surface area contributed by atoms with Gasteiger partial charge in [-0.25, -0.2) is 4.98 Å². The number of halogens is 3. The maximum Gasteiger partial charge on any atom is 0.573 e. The molecule has 1 heterocycles. The van der Waals surface area contributed by atoms with Crippen LogP contribution in [-0.4, -0.2) is 29.0 Å². The van der Waals surface area contributed by atoms with Crippen molar-refractivity contribution in [2.24, 2.45) is 11.3 Å². The topological polar surface area (TPSA) is 65.4 Å². The number of carbonyl (C=O) groups excluding carboxylic acids is 1. The molecule has 194 valence electrons. The summed E-state index contributed by atoms with van der Waals surface area (Å²) < 4.78 is 48.4. The maximum atomic E-state index is 12.5. The van der Waals surface area contributed by atoms with Crippen molar-refractivity contribution >= 4 is 28.6 Å². The highest BCUT2D eigenvalue weighted by Crippen LogP contribution is 2.40. The van der Waals surface area contributed by atoms with E-state index < -0.39 is 6.36 Å². The second kappa shape index (κ2) is 10.4. The van der Waals surface area contributed by atoms with Crippen molar-refractivity contribution in [3.63, 3.8) is 0 Å². The fourth-order valence-corrected chi connectivity index (χ4v) is 5.10. The lowest BCUT2D eigenvalue weighted by atomic mass is 9.72. The number of aromatic nitrogens is 2. The normalized spacial score (nSPS) is 17.7. The summed E-state index contributed by atoms with van der Waals surface area (Å²) in [5, 5.41) is 3.28. The first kappa shape index (κ1) is 25.9. The maximum absolute atomic E-state index is 12.5. The highest BCUT2D eigenvalue weighted by atomic mass is 19.4. The van der Waals surface area contributed by atoms with Crippen LogP contribution in [0, 0.1) is 11.3 Å². The molecule has 9 heteroatoms. The molecule has 0 saturated heterocycles. The Labute approximate surface area is 208 Å². The smallest absolute Gasteiger partial charge is 0.469 e. The van der Waals surface area contributed by atoms with Crippen molar-refractivity contribution in [3.8, 4) is 5.75 Å². The minimum atomic E-state index is -4.73. The van der Waals surface area contributed by atoms with Crippen molar-refractivity contribution < 1.29 is 27.4 Å². The van der Waals surface area contributed by atoms with Crippen LogP contribution < -0.4 is 10.1 Å². The Morgan fingerprint density at radius 1 is 1.19 bits per heavy atom. The highest BCUT2D eigenvalue weighted by molar-refractivity contribution is 5.81. The van der Waals surface area contributed by atoms with E-state index in [4.69, 9.17) is 9.72 Å². The molecule has 4 rings (SSSR count). The average Bonchev–Trinajstić information content (AvgIpc) is 3.13. The Morgan fingerprint density at radius 3 is 2.61 bits per heavy atom. The quantitative estimate of drug-likeness (QED) is 0.335. The Bertz CT molecular complexity index is 1200. The lowest BCUT2D eigenvalue weighted by Crippen LogP contribution is -2.25. The van der Waals surface area contributed by atoms with Gasteiger partial charge in [0, 0.05) is 18.7 Å². The van der Waals surface area contributed by atoms with Gasteiger partial charge in [0.1, 0.15) is 5.75 Å². The average molecular weight is 504 g/mol. The molecule has 1 aliphatic carbocycles. The molecule has 1 fully saturated rings. The molecule has 3 aromatic rings. The third-order valence-electron chi connectivity index (χ3n) is 6.75. The molecule has 1 atom stereocenters. The fraction of sp³-hybridized carbons (Fsp3) is 0.481. The van der Waals surface area contributed by atoms with E-state index in [1.165, 1.54) is 44.2 Å². The van der Waals surface area contributed by atoms with Gasteiger partial charge in [0.2, 0.25) is 5.95 Å². The molecular weight excluding hydrogens is 471 g/mol. The van der Waals surface area contributed by atoms with Crippen LogP contribution in [0.1, 0.15) is 51.5 Å². The molecular formula is C27H32F3N3O3. The van der Waals surface area contributed by atoms with Crippen LogP contribution >= 0.6 is 0 Å². The fourth-order valence-electron chi connectivity index (χ4n) is 5.10. The number of methoxy groups -OCH3 is 1. The number of hydrogen-bond acceptors (Lipinski definition) is 5. The Morgan fingerprint density at radius 2 is 1.94 bits per heavy atom. The van der Waals surface area contributed by atoms with Crippen molar-refractivity contribution in [2.45, 2.75) is 65.3 Å². The minimum absolute atomic E-state index is 0.263. The van der Waals surface area contributed by atoms with Gasteiger partial charge in [-0.1, -0.05) is 26.3 Å². The number of alkyl halides is 3. The second-order valence-electron chi connectivity index (χ2n) is 10.3. The lowest BCUT2D eigenvalue weighted by molar-refractivity contribution is -0.274. The molecule has 0 radical (unpaired) electrons. The zero-order valence-corrected chi connectivity index (χ0v) is 20.8. The van der Waals surface area contributed by atoms with Gasteiger partial charge in [-0.15, -0.1) is 13.2 Å². The Hall–Kier alpha value is -3.23. The second-order valence-corrected chi connectivity index (χ2v) is 10.3. The number of ether oxygens (including phenoxy) is 2. The Balaban J connectivity index is 1.62. The molecule has 36 heavy (non-hydrogen) atoms. The summed E-state index contributed by atoms with van der Waals surface area (Å²) in [6.07, 6.45) is 0.770. The number of rotatable bonds is 8. The van der Waals surface area contributed by atoms with E-state index in [0.29, 0.717) is 29.4 Å². The molecule has 2 aromatic carbocycles. The van der Waals surface area contributed by atoms with Crippen molar-refractivity contribution in [3.05, 3.63) is 48.0 Å². The van der Waals surface area contributed by atoms with Crippen LogP contribution in [0.5, 0.6) is 5.75 Å². The number of nitrogens with one attached hydrogen (secondary N) is 1. The molecule has 0 bridgehead atoms. The zero-order valence-electron chi connectivity index (χ0n) is 20.8. The first-order chi connectivity index (χ1) is 17.0. The third kappa shape index (κ3) is 6.71. The summed E-state index contributed by atoms with van der Waals surface area (Å²) in [4.78, 5) is 16.4. The zero-order chi connectivity index (χ0) is 25.9. The molecule has 1 aliphatic rings. The number of carbonyl (C=O) groups is 1. The summed E-state index contributed by atoms with van der Waals surface area (Å²) in [6, 6.07) is 11.6. The van der Waals surface area contributed by atoms with Crippen molar-refractivity contribution in [1.29, 1.82) is 0 Å². The summed E-state index contributed by atoms with van der Waals surface area (Å²) in [5.41, 5.74) is 3.65. The molecule has 0 aliphatic heterocycles. The van der Waals surface area contributed by atoms with E-state index in [2.05, 4.69) is 28.5 Å². The van der Waals surface area contributed by atoms with Crippen LogP contribution in [0.3, 0.4) is 0 Å². The van der Waals surface area contributed by atoms with E-state index in [-0.39, 0.29) is 18.1 Å². The first-order valence-electron chi connectivity index (χ1n) is 12.2. The van der Waals surface area contributed by atoms with Gasteiger partial charge >= 0.3 is 12.3 Å². The predicted octanol–water partition coefficient (Wildman–Crippen LogP) is 7.00. The number of esters is 1. The van der Waals surface area contributed by atoms with Gasteiger partial charge in [-0.05, 0) is 79.0 Å². The summed E-state index contributed by atoms with van der Waals surface area (Å²) in [5.74, 6) is 0.582. The van der Waals surface area contributed by atoms with Gasteiger partial charge in [-0.3, -0.25) is 4.79 Å². The van der Waals surface area contributed by atoms with Crippen LogP contribution in [0.25, 0.3) is 11.0 Å². The van der Waals surface area contributed by atoms with Crippen LogP contribution in [-0.2, 0) is 22.5 Å². The minimum Gasteiger partial charge on any atom is -0.469 e. The molecule has 1 saturated carbocycles. The van der Waals surface area contributed by atoms with E-state index >= 15 is 0 Å². The summed E-state index contributed by atoms with van der Waals surface area (Å²) in [6.45, 7) is 5.41. The third-order valence-corrected chi connectivity index (χ3v) is 6.75. The number of hydrogen-bond donors (Lipinski definition) is 1. The van der Waals surface area contributed by atoms with Gasteiger partial charge < -0.3 is 19.4 Å².